The largest absolute Gasteiger partial charge is 0.673 e. The molecule has 0 aromatic rings. The van der Waals surface area contributed by atoms with E-state index in [2.05, 4.69) is 12.2 Å². The van der Waals surface area contributed by atoms with Crippen molar-refractivity contribution in [3.8, 4) is 0 Å². The molecule has 0 aliphatic carbocycles. The lowest BCUT2D eigenvalue weighted by Gasteiger charge is -1.96. The normalized spacial score (nSPS) is 9.92. The average Bonchev–Trinajstić information content (AvgIpc) is 1.83. The number of hydrogen-bond acceptors (Lipinski definition) is 1. The number of primary amides is 1. The highest BCUT2D eigenvalue weighted by molar-refractivity contribution is 6.50. The Balaban J connectivity index is 0. The fourth-order valence-corrected chi connectivity index (χ4v) is 0.388. The molecule has 80 valence electrons. The molecule has 0 aromatic heterocycles. The predicted molar refractivity (Wildman–Crippen MR) is 42.7 cm³/mol. The zero-order chi connectivity index (χ0) is 10.9. The van der Waals surface area contributed by atoms with Crippen LogP contribution >= 0.6 is 0 Å². The van der Waals surface area contributed by atoms with Crippen LogP contribution in [0.25, 0.3) is 0 Å². The molecule has 0 aliphatic rings. The standard InChI is InChI=1S/C5H12N2O.BF4/c1-2-3-4-7-5(6)8;2-1(3,4)5/h2-4H2,1H3,(H3,6,7,8);/q;-1. The maximum absolute atomic E-state index is 9.99. The number of urea groups is 1. The van der Waals surface area contributed by atoms with Crippen molar-refractivity contribution in [1.82, 2.24) is 5.32 Å². The average molecular weight is 203 g/mol. The maximum Gasteiger partial charge on any atom is 0.673 e. The number of rotatable bonds is 3. The van der Waals surface area contributed by atoms with Crippen LogP contribution in [0.15, 0.2) is 0 Å². The zero-order valence-electron chi connectivity index (χ0n) is 7.20. The molecule has 3 nitrogen and oxygen atoms in total. The van der Waals surface area contributed by atoms with E-state index in [0.29, 0.717) is 6.54 Å². The van der Waals surface area contributed by atoms with Crippen molar-refractivity contribution in [3.63, 3.8) is 0 Å². The van der Waals surface area contributed by atoms with Gasteiger partial charge in [0.15, 0.2) is 0 Å². The molecule has 0 spiro atoms. The summed E-state index contributed by atoms with van der Waals surface area (Å²) in [7, 11) is -6.00. The summed E-state index contributed by atoms with van der Waals surface area (Å²) in [6, 6.07) is -0.432. The van der Waals surface area contributed by atoms with Crippen LogP contribution in [0.2, 0.25) is 0 Å². The van der Waals surface area contributed by atoms with Gasteiger partial charge in [0.2, 0.25) is 0 Å². The number of amides is 2. The Morgan fingerprint density at radius 1 is 1.38 bits per heavy atom. The lowest BCUT2D eigenvalue weighted by molar-refractivity contribution is 0.249. The summed E-state index contributed by atoms with van der Waals surface area (Å²) in [5, 5.41) is 2.49. The Hall–Kier alpha value is -0.945. The van der Waals surface area contributed by atoms with Crippen molar-refractivity contribution in [2.45, 2.75) is 19.8 Å². The molecule has 0 heterocycles. The van der Waals surface area contributed by atoms with Gasteiger partial charge < -0.3 is 28.3 Å². The van der Waals surface area contributed by atoms with Crippen LogP contribution in [0.4, 0.5) is 22.1 Å². The van der Waals surface area contributed by atoms with Gasteiger partial charge in [-0.15, -0.1) is 0 Å². The van der Waals surface area contributed by atoms with Crippen molar-refractivity contribution in [2.75, 3.05) is 6.54 Å². The summed E-state index contributed by atoms with van der Waals surface area (Å²) in [6.45, 7) is 2.76. The topological polar surface area (TPSA) is 55.1 Å². The Labute approximate surface area is 73.8 Å². The fourth-order valence-electron chi connectivity index (χ4n) is 0.388. The van der Waals surface area contributed by atoms with E-state index in [-0.39, 0.29) is 0 Å². The van der Waals surface area contributed by atoms with Gasteiger partial charge in [0.25, 0.3) is 0 Å². The third-order valence-corrected chi connectivity index (χ3v) is 0.830. The van der Waals surface area contributed by atoms with Crippen LogP contribution in [0.5, 0.6) is 0 Å². The van der Waals surface area contributed by atoms with Gasteiger partial charge in [-0.2, -0.15) is 0 Å². The van der Waals surface area contributed by atoms with E-state index >= 15 is 0 Å². The Morgan fingerprint density at radius 3 is 2.00 bits per heavy atom. The maximum atomic E-state index is 9.99. The van der Waals surface area contributed by atoms with E-state index in [9.17, 15) is 22.1 Å². The molecule has 0 aliphatic heterocycles. The SMILES string of the molecule is CCCCNC(N)=O.F[B-](F)(F)F. The monoisotopic (exact) mass is 203 g/mol. The summed E-state index contributed by atoms with van der Waals surface area (Å²) in [5.41, 5.74) is 4.78. The molecular weight excluding hydrogens is 191 g/mol. The minimum atomic E-state index is -6.00. The lowest BCUT2D eigenvalue weighted by atomic mass is 10.3. The summed E-state index contributed by atoms with van der Waals surface area (Å²) in [4.78, 5) is 9.99. The van der Waals surface area contributed by atoms with E-state index in [1.807, 2.05) is 0 Å². The van der Waals surface area contributed by atoms with Gasteiger partial charge in [-0.1, -0.05) is 13.3 Å². The van der Waals surface area contributed by atoms with E-state index in [4.69, 9.17) is 5.73 Å². The predicted octanol–water partition coefficient (Wildman–Crippen LogP) is 1.75. The molecule has 2 amide bonds. The van der Waals surface area contributed by atoms with E-state index in [0.717, 1.165) is 12.8 Å². The zero-order valence-corrected chi connectivity index (χ0v) is 7.20. The molecule has 0 aromatic carbocycles. The van der Waals surface area contributed by atoms with Gasteiger partial charge in [0.05, 0.1) is 0 Å². The Morgan fingerprint density at radius 2 is 1.77 bits per heavy atom. The van der Waals surface area contributed by atoms with Crippen LogP contribution in [-0.4, -0.2) is 19.8 Å². The van der Waals surface area contributed by atoms with Gasteiger partial charge in [-0.3, -0.25) is 0 Å². The molecule has 0 radical (unpaired) electrons. The fraction of sp³-hybridized carbons (Fsp3) is 0.800. The van der Waals surface area contributed by atoms with Crippen molar-refractivity contribution >= 4 is 13.3 Å². The van der Waals surface area contributed by atoms with Gasteiger partial charge in [0.1, 0.15) is 0 Å². The minimum absolute atomic E-state index is 0.432. The van der Waals surface area contributed by atoms with E-state index in [1.165, 1.54) is 0 Å². The lowest BCUT2D eigenvalue weighted by Crippen LogP contribution is -2.29. The second-order valence-electron chi connectivity index (χ2n) is 2.14. The Bertz CT molecular complexity index is 135. The number of nitrogens with one attached hydrogen (secondary N) is 1. The van der Waals surface area contributed by atoms with Crippen LogP contribution in [0.3, 0.4) is 0 Å². The summed E-state index contributed by atoms with van der Waals surface area (Å²) in [6.07, 6.45) is 2.09. The second kappa shape index (κ2) is 7.69. The van der Waals surface area contributed by atoms with Crippen LogP contribution in [-0.2, 0) is 0 Å². The quantitative estimate of drug-likeness (QED) is 0.409. The number of unbranched alkanes of at least 4 members (excludes halogenated alkanes) is 1. The minimum Gasteiger partial charge on any atom is -0.418 e. The summed E-state index contributed by atoms with van der Waals surface area (Å²) in [5.74, 6) is 0. The number of carbonyl (C=O) groups excluding carboxylic acids is 1. The number of halogens is 4. The molecule has 13 heavy (non-hydrogen) atoms. The summed E-state index contributed by atoms with van der Waals surface area (Å²) >= 11 is 0. The molecule has 0 bridgehead atoms. The molecular formula is C5H12BF4N2O-. The van der Waals surface area contributed by atoms with Crippen molar-refractivity contribution in [2.24, 2.45) is 5.73 Å². The Kier molecular flexibility index (Phi) is 8.62. The highest BCUT2D eigenvalue weighted by atomic mass is 19.5. The highest BCUT2D eigenvalue weighted by Gasteiger charge is 2.20. The molecule has 0 saturated carbocycles. The van der Waals surface area contributed by atoms with Crippen molar-refractivity contribution in [1.29, 1.82) is 0 Å². The molecule has 0 saturated heterocycles. The highest BCUT2D eigenvalue weighted by Crippen LogP contribution is 2.06. The third kappa shape index (κ3) is 55.1. The molecule has 3 N–H and O–H groups in total. The summed E-state index contributed by atoms with van der Waals surface area (Å²) < 4.78 is 39.0. The van der Waals surface area contributed by atoms with Gasteiger partial charge in [-0.05, 0) is 6.42 Å². The molecule has 0 rings (SSSR count). The number of hydrogen-bond donors (Lipinski definition) is 2. The first-order valence-corrected chi connectivity index (χ1v) is 3.68. The second-order valence-corrected chi connectivity index (χ2v) is 2.14. The third-order valence-electron chi connectivity index (χ3n) is 0.830. The van der Waals surface area contributed by atoms with Gasteiger partial charge >= 0.3 is 13.3 Å². The number of nitrogens with two attached hydrogens (primary N) is 1. The smallest absolute Gasteiger partial charge is 0.418 e. The van der Waals surface area contributed by atoms with Crippen LogP contribution in [0.1, 0.15) is 19.8 Å². The molecule has 0 unspecified atom stereocenters. The number of carbonyl (C=O) groups is 1. The molecule has 0 atom stereocenters. The first-order chi connectivity index (χ1) is 5.77. The molecule has 8 heteroatoms. The van der Waals surface area contributed by atoms with Crippen molar-refractivity contribution in [3.05, 3.63) is 0 Å². The van der Waals surface area contributed by atoms with E-state index < -0.39 is 13.3 Å². The van der Waals surface area contributed by atoms with Crippen molar-refractivity contribution < 1.29 is 22.1 Å². The van der Waals surface area contributed by atoms with Gasteiger partial charge in [-0.25, -0.2) is 4.79 Å². The van der Waals surface area contributed by atoms with Crippen LogP contribution in [0, 0.1) is 0 Å². The van der Waals surface area contributed by atoms with Gasteiger partial charge in [0, 0.05) is 6.54 Å². The van der Waals surface area contributed by atoms with Crippen LogP contribution < -0.4 is 11.1 Å². The first-order valence-electron chi connectivity index (χ1n) is 3.68. The van der Waals surface area contributed by atoms with E-state index in [1.54, 1.807) is 0 Å². The first kappa shape index (κ1) is 14.6. The molecule has 0 fully saturated rings.